The van der Waals surface area contributed by atoms with Crippen molar-refractivity contribution in [1.82, 2.24) is 0 Å². The standard InChI is InChI=1S/C10H19N2/c1-3-5-8-12(7-4-2)9-6-11-10-12/h6,9-10H,3-5,7-8H2,1-2H3/q+1. The molecule has 0 saturated carbocycles. The van der Waals surface area contributed by atoms with Crippen molar-refractivity contribution < 1.29 is 4.48 Å². The zero-order chi connectivity index (χ0) is 8.86. The van der Waals surface area contributed by atoms with E-state index in [1.54, 1.807) is 0 Å². The smallest absolute Gasteiger partial charge is 0.194 e. The van der Waals surface area contributed by atoms with Crippen molar-refractivity contribution in [2.24, 2.45) is 4.99 Å². The SMILES string of the molecule is CCCC[N+]1(CCC)C=CN=C1. The van der Waals surface area contributed by atoms with Crippen LogP contribution in [-0.4, -0.2) is 23.9 Å². The molecule has 0 saturated heterocycles. The minimum atomic E-state index is 0.977. The highest BCUT2D eigenvalue weighted by Gasteiger charge is 2.23. The molecule has 0 N–H and O–H groups in total. The molecule has 0 fully saturated rings. The fraction of sp³-hybridized carbons (Fsp3) is 0.700. The number of aliphatic imine (C=N–C) groups is 1. The number of hydrogen-bond donors (Lipinski definition) is 0. The Labute approximate surface area is 75.2 Å². The molecule has 0 bridgehead atoms. The second-order valence-electron chi connectivity index (χ2n) is 3.47. The normalized spacial score (nSPS) is 26.8. The van der Waals surface area contributed by atoms with Crippen LogP contribution >= 0.6 is 0 Å². The molecule has 1 aliphatic heterocycles. The Bertz CT molecular complexity index is 170. The predicted octanol–water partition coefficient (Wildman–Crippen LogP) is 2.53. The van der Waals surface area contributed by atoms with Gasteiger partial charge in [-0.1, -0.05) is 20.3 Å². The summed E-state index contributed by atoms with van der Waals surface area (Å²) in [6.07, 6.45) is 9.98. The Morgan fingerprint density at radius 1 is 1.17 bits per heavy atom. The highest BCUT2D eigenvalue weighted by Crippen LogP contribution is 2.13. The van der Waals surface area contributed by atoms with Crippen LogP contribution < -0.4 is 0 Å². The summed E-state index contributed by atoms with van der Waals surface area (Å²) in [7, 11) is 0. The second kappa shape index (κ2) is 4.41. The molecule has 12 heavy (non-hydrogen) atoms. The first-order valence-corrected chi connectivity index (χ1v) is 4.91. The predicted molar refractivity (Wildman–Crippen MR) is 52.8 cm³/mol. The molecular formula is C10H19N2+. The lowest BCUT2D eigenvalue weighted by Gasteiger charge is -2.26. The van der Waals surface area contributed by atoms with Crippen LogP contribution in [-0.2, 0) is 0 Å². The topological polar surface area (TPSA) is 12.4 Å². The van der Waals surface area contributed by atoms with Crippen LogP contribution in [0, 0.1) is 0 Å². The lowest BCUT2D eigenvalue weighted by molar-refractivity contribution is -0.779. The van der Waals surface area contributed by atoms with Crippen LogP contribution in [0.25, 0.3) is 0 Å². The van der Waals surface area contributed by atoms with Crippen molar-refractivity contribution in [1.29, 1.82) is 0 Å². The van der Waals surface area contributed by atoms with E-state index in [-0.39, 0.29) is 0 Å². The van der Waals surface area contributed by atoms with Crippen molar-refractivity contribution in [3.05, 3.63) is 12.4 Å². The molecule has 0 amide bonds. The summed E-state index contributed by atoms with van der Waals surface area (Å²) in [5.74, 6) is 0. The summed E-state index contributed by atoms with van der Waals surface area (Å²) in [5.41, 5.74) is 0. The highest BCUT2D eigenvalue weighted by atomic mass is 15.4. The Morgan fingerprint density at radius 2 is 2.00 bits per heavy atom. The molecule has 0 radical (unpaired) electrons. The van der Waals surface area contributed by atoms with Gasteiger partial charge in [-0.2, -0.15) is 0 Å². The van der Waals surface area contributed by atoms with Gasteiger partial charge >= 0.3 is 0 Å². The number of hydrogen-bond acceptors (Lipinski definition) is 1. The summed E-state index contributed by atoms with van der Waals surface area (Å²) < 4.78 is 0.977. The molecule has 0 aromatic heterocycles. The van der Waals surface area contributed by atoms with E-state index in [9.17, 15) is 0 Å². The van der Waals surface area contributed by atoms with Crippen LogP contribution in [0.4, 0.5) is 0 Å². The number of rotatable bonds is 5. The lowest BCUT2D eigenvalue weighted by Crippen LogP contribution is -2.41. The minimum absolute atomic E-state index is 0.977. The van der Waals surface area contributed by atoms with Gasteiger partial charge in [-0.3, -0.25) is 4.48 Å². The van der Waals surface area contributed by atoms with Crippen LogP contribution in [0.5, 0.6) is 0 Å². The maximum atomic E-state index is 4.18. The van der Waals surface area contributed by atoms with E-state index in [0.29, 0.717) is 0 Å². The van der Waals surface area contributed by atoms with Gasteiger partial charge in [-0.25, -0.2) is 4.99 Å². The average molecular weight is 167 g/mol. The summed E-state index contributed by atoms with van der Waals surface area (Å²) in [6.45, 7) is 6.87. The van der Waals surface area contributed by atoms with E-state index in [0.717, 1.165) is 4.48 Å². The van der Waals surface area contributed by atoms with E-state index in [1.807, 2.05) is 6.20 Å². The van der Waals surface area contributed by atoms with Crippen molar-refractivity contribution in [3.8, 4) is 0 Å². The molecule has 2 nitrogen and oxygen atoms in total. The van der Waals surface area contributed by atoms with Gasteiger partial charge in [0.2, 0.25) is 0 Å². The summed E-state index contributed by atoms with van der Waals surface area (Å²) in [5, 5.41) is 0. The first kappa shape index (κ1) is 9.46. The van der Waals surface area contributed by atoms with Crippen molar-refractivity contribution in [2.45, 2.75) is 33.1 Å². The molecular weight excluding hydrogens is 148 g/mol. The summed E-state index contributed by atoms with van der Waals surface area (Å²) >= 11 is 0. The van der Waals surface area contributed by atoms with Gasteiger partial charge in [0.1, 0.15) is 6.20 Å². The second-order valence-corrected chi connectivity index (χ2v) is 3.47. The molecule has 68 valence electrons. The maximum absolute atomic E-state index is 4.18. The monoisotopic (exact) mass is 167 g/mol. The largest absolute Gasteiger partial charge is 0.254 e. The molecule has 0 aromatic rings. The van der Waals surface area contributed by atoms with Gasteiger partial charge in [0.15, 0.2) is 6.34 Å². The van der Waals surface area contributed by atoms with Gasteiger partial charge in [0, 0.05) is 0 Å². The molecule has 1 aliphatic rings. The third-order valence-corrected chi connectivity index (χ3v) is 2.31. The molecule has 1 heterocycles. The average Bonchev–Trinajstić information content (AvgIpc) is 2.51. The fourth-order valence-corrected chi connectivity index (χ4v) is 1.63. The maximum Gasteiger partial charge on any atom is 0.194 e. The summed E-state index contributed by atoms with van der Waals surface area (Å²) in [6, 6.07) is 0. The lowest BCUT2D eigenvalue weighted by atomic mass is 10.2. The molecule has 1 rings (SSSR count). The fourth-order valence-electron chi connectivity index (χ4n) is 1.63. The zero-order valence-electron chi connectivity index (χ0n) is 8.16. The quantitative estimate of drug-likeness (QED) is 0.558. The Kier molecular flexibility index (Phi) is 3.48. The zero-order valence-corrected chi connectivity index (χ0v) is 8.16. The molecule has 1 unspecified atom stereocenters. The van der Waals surface area contributed by atoms with Crippen molar-refractivity contribution in [3.63, 3.8) is 0 Å². The summed E-state index contributed by atoms with van der Waals surface area (Å²) in [4.78, 5) is 4.18. The van der Waals surface area contributed by atoms with Gasteiger partial charge in [0.05, 0.1) is 19.3 Å². The van der Waals surface area contributed by atoms with Crippen molar-refractivity contribution >= 4 is 6.34 Å². The van der Waals surface area contributed by atoms with Gasteiger partial charge in [-0.05, 0) is 12.8 Å². The number of nitrogens with zero attached hydrogens (tertiary/aromatic N) is 2. The first-order valence-electron chi connectivity index (χ1n) is 4.91. The van der Waals surface area contributed by atoms with E-state index in [4.69, 9.17) is 0 Å². The minimum Gasteiger partial charge on any atom is -0.254 e. The number of unbranched alkanes of at least 4 members (excludes halogenated alkanes) is 1. The van der Waals surface area contributed by atoms with Crippen LogP contribution in [0.3, 0.4) is 0 Å². The van der Waals surface area contributed by atoms with E-state index in [1.165, 1.54) is 32.4 Å². The number of quaternary nitrogens is 1. The van der Waals surface area contributed by atoms with E-state index >= 15 is 0 Å². The molecule has 0 aromatic carbocycles. The molecule has 2 heteroatoms. The van der Waals surface area contributed by atoms with E-state index in [2.05, 4.69) is 31.4 Å². The third-order valence-electron chi connectivity index (χ3n) is 2.31. The van der Waals surface area contributed by atoms with Gasteiger partial charge in [-0.15, -0.1) is 0 Å². The van der Waals surface area contributed by atoms with Crippen LogP contribution in [0.1, 0.15) is 33.1 Å². The van der Waals surface area contributed by atoms with Crippen LogP contribution in [0.15, 0.2) is 17.4 Å². The first-order chi connectivity index (χ1) is 5.83. The Balaban J connectivity index is 2.48. The van der Waals surface area contributed by atoms with Crippen molar-refractivity contribution in [2.75, 3.05) is 13.1 Å². The highest BCUT2D eigenvalue weighted by molar-refractivity contribution is 5.50. The van der Waals surface area contributed by atoms with Crippen LogP contribution in [0.2, 0.25) is 0 Å². The Morgan fingerprint density at radius 3 is 2.50 bits per heavy atom. The van der Waals surface area contributed by atoms with Gasteiger partial charge in [0.25, 0.3) is 0 Å². The van der Waals surface area contributed by atoms with E-state index < -0.39 is 0 Å². The van der Waals surface area contributed by atoms with Gasteiger partial charge < -0.3 is 0 Å². The molecule has 1 atom stereocenters. The Hall–Kier alpha value is -0.630. The molecule has 0 spiro atoms. The molecule has 0 aliphatic carbocycles. The third kappa shape index (κ3) is 2.18.